The maximum Gasteiger partial charge on any atom is 0.0897 e. The Kier molecular flexibility index (Phi) is 25.5. The zero-order valence-electron chi connectivity index (χ0n) is 19.1. The van der Waals surface area contributed by atoms with Gasteiger partial charge in [0, 0.05) is 19.5 Å². The van der Waals surface area contributed by atoms with Crippen LogP contribution in [0.25, 0.3) is 0 Å². The quantitative estimate of drug-likeness (QED) is 0.132. The van der Waals surface area contributed by atoms with Crippen LogP contribution in [0.5, 0.6) is 0 Å². The first-order valence-corrected chi connectivity index (χ1v) is 12.8. The van der Waals surface area contributed by atoms with Crippen molar-refractivity contribution in [2.45, 2.75) is 116 Å². The van der Waals surface area contributed by atoms with Gasteiger partial charge in [-0.15, -0.1) is 0 Å². The predicted molar refractivity (Wildman–Crippen MR) is 126 cm³/mol. The van der Waals surface area contributed by atoms with E-state index in [-0.39, 0.29) is 6.10 Å². The molecule has 4 heteroatoms. The smallest absolute Gasteiger partial charge is 0.0897 e. The molecule has 0 amide bonds. The minimum Gasteiger partial charge on any atom is -0.382 e. The first kappa shape index (κ1) is 28.2. The van der Waals surface area contributed by atoms with Crippen molar-refractivity contribution in [3.05, 3.63) is 0 Å². The summed E-state index contributed by atoms with van der Waals surface area (Å²) in [5.74, 6) is 0.697. The summed E-state index contributed by atoms with van der Waals surface area (Å²) in [7, 11) is 1.69. The van der Waals surface area contributed by atoms with Crippen molar-refractivity contribution in [3.8, 4) is 0 Å². The van der Waals surface area contributed by atoms with Gasteiger partial charge in [-0.1, -0.05) is 103 Å². The Bertz CT molecular complexity index is 277. The number of thiol groups is 1. The number of hydrogen-bond donors (Lipinski definition) is 1. The molecule has 0 aromatic heterocycles. The Hall–Kier alpha value is 0.230. The fourth-order valence-corrected chi connectivity index (χ4v) is 3.63. The van der Waals surface area contributed by atoms with Crippen LogP contribution >= 0.6 is 12.6 Å². The second-order valence-electron chi connectivity index (χ2n) is 8.05. The third-order valence-electron chi connectivity index (χ3n) is 5.29. The fourth-order valence-electron chi connectivity index (χ4n) is 3.42. The van der Waals surface area contributed by atoms with Gasteiger partial charge in [0.15, 0.2) is 0 Å². The van der Waals surface area contributed by atoms with Crippen LogP contribution in [0.15, 0.2) is 0 Å². The predicted octanol–water partition coefficient (Wildman–Crippen LogP) is 7.23. The molecule has 0 spiro atoms. The molecule has 0 aromatic carbocycles. The molecule has 3 nitrogen and oxygen atoms in total. The van der Waals surface area contributed by atoms with Gasteiger partial charge in [-0.05, 0) is 6.42 Å². The number of ether oxygens (including phenoxy) is 3. The summed E-state index contributed by atoms with van der Waals surface area (Å²) in [5.41, 5.74) is 0. The van der Waals surface area contributed by atoms with Gasteiger partial charge in [0.05, 0.1) is 25.9 Å². The molecular formula is C24H50O3S. The van der Waals surface area contributed by atoms with Gasteiger partial charge in [0.25, 0.3) is 0 Å². The first-order chi connectivity index (χ1) is 13.8. The molecule has 0 N–H and O–H groups in total. The third kappa shape index (κ3) is 22.5. The summed E-state index contributed by atoms with van der Waals surface area (Å²) >= 11 is 4.31. The van der Waals surface area contributed by atoms with Crippen molar-refractivity contribution in [2.75, 3.05) is 39.3 Å². The maximum absolute atomic E-state index is 5.72. The van der Waals surface area contributed by atoms with E-state index in [1.165, 1.54) is 96.3 Å². The highest BCUT2D eigenvalue weighted by Gasteiger charge is 2.06. The van der Waals surface area contributed by atoms with Crippen LogP contribution < -0.4 is 0 Å². The molecule has 28 heavy (non-hydrogen) atoms. The Morgan fingerprint density at radius 1 is 0.607 bits per heavy atom. The highest BCUT2D eigenvalue weighted by atomic mass is 32.1. The summed E-state index contributed by atoms with van der Waals surface area (Å²) in [6.45, 7) is 5.02. The minimum atomic E-state index is 0.0829. The van der Waals surface area contributed by atoms with Gasteiger partial charge in [0.2, 0.25) is 0 Å². The van der Waals surface area contributed by atoms with E-state index in [9.17, 15) is 0 Å². The highest BCUT2D eigenvalue weighted by molar-refractivity contribution is 7.80. The Labute approximate surface area is 182 Å². The second-order valence-corrected chi connectivity index (χ2v) is 8.41. The van der Waals surface area contributed by atoms with Crippen molar-refractivity contribution in [1.82, 2.24) is 0 Å². The molecule has 0 radical (unpaired) electrons. The number of hydrogen-bond acceptors (Lipinski definition) is 4. The summed E-state index contributed by atoms with van der Waals surface area (Å²) in [6, 6.07) is 0. The Balaban J connectivity index is 3.13. The standard InChI is InChI=1S/C24H50O3S/c1-3-4-5-6-7-8-9-10-11-12-13-14-15-16-17-18-19-26-22-24(23-28)27-21-20-25-2/h24,28H,3-23H2,1-2H3. The second kappa shape index (κ2) is 25.3. The van der Waals surface area contributed by atoms with Crippen molar-refractivity contribution >= 4 is 12.6 Å². The van der Waals surface area contributed by atoms with Crippen molar-refractivity contribution in [3.63, 3.8) is 0 Å². The zero-order chi connectivity index (χ0) is 20.5. The molecule has 0 aliphatic carbocycles. The minimum absolute atomic E-state index is 0.0829. The average Bonchev–Trinajstić information content (AvgIpc) is 2.71. The van der Waals surface area contributed by atoms with Crippen LogP contribution in [-0.2, 0) is 14.2 Å². The lowest BCUT2D eigenvalue weighted by Crippen LogP contribution is -2.23. The van der Waals surface area contributed by atoms with E-state index in [0.717, 1.165) is 13.0 Å². The molecule has 0 fully saturated rings. The lowest BCUT2D eigenvalue weighted by atomic mass is 10.0. The van der Waals surface area contributed by atoms with E-state index in [0.29, 0.717) is 25.6 Å². The van der Waals surface area contributed by atoms with Crippen LogP contribution in [-0.4, -0.2) is 45.4 Å². The SMILES string of the molecule is CCCCCCCCCCCCCCCCCCOCC(CS)OCCOC. The van der Waals surface area contributed by atoms with E-state index in [1.807, 2.05) is 0 Å². The monoisotopic (exact) mass is 418 g/mol. The molecule has 170 valence electrons. The van der Waals surface area contributed by atoms with Crippen LogP contribution in [0.4, 0.5) is 0 Å². The van der Waals surface area contributed by atoms with Crippen LogP contribution in [0.1, 0.15) is 110 Å². The lowest BCUT2D eigenvalue weighted by molar-refractivity contribution is -0.0218. The maximum atomic E-state index is 5.72. The zero-order valence-corrected chi connectivity index (χ0v) is 20.0. The molecule has 0 aliphatic heterocycles. The molecule has 1 unspecified atom stereocenters. The van der Waals surface area contributed by atoms with Crippen LogP contribution in [0.2, 0.25) is 0 Å². The molecule has 0 saturated heterocycles. The van der Waals surface area contributed by atoms with Gasteiger partial charge in [-0.2, -0.15) is 12.6 Å². The number of methoxy groups -OCH3 is 1. The van der Waals surface area contributed by atoms with Crippen molar-refractivity contribution in [2.24, 2.45) is 0 Å². The van der Waals surface area contributed by atoms with E-state index in [1.54, 1.807) is 7.11 Å². The molecule has 0 aliphatic rings. The molecule has 1 atom stereocenters. The number of rotatable bonds is 24. The molecule has 0 saturated carbocycles. The average molecular weight is 419 g/mol. The van der Waals surface area contributed by atoms with E-state index in [4.69, 9.17) is 14.2 Å². The van der Waals surface area contributed by atoms with Crippen molar-refractivity contribution in [1.29, 1.82) is 0 Å². The van der Waals surface area contributed by atoms with Crippen molar-refractivity contribution < 1.29 is 14.2 Å². The van der Waals surface area contributed by atoms with Gasteiger partial charge in [-0.3, -0.25) is 0 Å². The first-order valence-electron chi connectivity index (χ1n) is 12.1. The summed E-state index contributed by atoms with van der Waals surface area (Å²) in [5, 5.41) is 0. The molecule has 0 rings (SSSR count). The van der Waals surface area contributed by atoms with Gasteiger partial charge >= 0.3 is 0 Å². The largest absolute Gasteiger partial charge is 0.382 e. The van der Waals surface area contributed by atoms with Crippen LogP contribution in [0.3, 0.4) is 0 Å². The molecule has 0 bridgehead atoms. The van der Waals surface area contributed by atoms with E-state index in [2.05, 4.69) is 19.6 Å². The normalized spacial score (nSPS) is 12.5. The van der Waals surface area contributed by atoms with Gasteiger partial charge in [0.1, 0.15) is 0 Å². The summed E-state index contributed by atoms with van der Waals surface area (Å²) < 4.78 is 16.3. The fraction of sp³-hybridized carbons (Fsp3) is 1.00. The Morgan fingerprint density at radius 3 is 1.50 bits per heavy atom. The molecular weight excluding hydrogens is 368 g/mol. The van der Waals surface area contributed by atoms with Gasteiger partial charge < -0.3 is 14.2 Å². The van der Waals surface area contributed by atoms with E-state index >= 15 is 0 Å². The lowest BCUT2D eigenvalue weighted by Gasteiger charge is -2.15. The summed E-state index contributed by atoms with van der Waals surface area (Å²) in [6.07, 6.45) is 22.5. The topological polar surface area (TPSA) is 27.7 Å². The highest BCUT2D eigenvalue weighted by Crippen LogP contribution is 2.13. The van der Waals surface area contributed by atoms with Crippen LogP contribution in [0, 0.1) is 0 Å². The van der Waals surface area contributed by atoms with E-state index < -0.39 is 0 Å². The third-order valence-corrected chi connectivity index (χ3v) is 5.70. The molecule has 0 heterocycles. The molecule has 0 aromatic rings. The Morgan fingerprint density at radius 2 is 1.07 bits per heavy atom. The van der Waals surface area contributed by atoms with Gasteiger partial charge in [-0.25, -0.2) is 0 Å². The number of unbranched alkanes of at least 4 members (excludes halogenated alkanes) is 15. The summed E-state index contributed by atoms with van der Waals surface area (Å²) in [4.78, 5) is 0.